The zero-order valence-electron chi connectivity index (χ0n) is 19.1. The number of halogens is 1. The first-order valence-electron chi connectivity index (χ1n) is 11.4. The lowest BCUT2D eigenvalue weighted by atomic mass is 10.1. The van der Waals surface area contributed by atoms with Gasteiger partial charge in [-0.2, -0.15) is 0 Å². The maximum absolute atomic E-state index is 13.8. The van der Waals surface area contributed by atoms with Crippen LogP contribution in [0.25, 0.3) is 10.9 Å². The molecule has 1 aromatic heterocycles. The molecule has 1 fully saturated rings. The van der Waals surface area contributed by atoms with Crippen molar-refractivity contribution in [2.75, 3.05) is 11.6 Å². The van der Waals surface area contributed by atoms with Crippen molar-refractivity contribution in [1.82, 2.24) is 9.55 Å². The Balaban J connectivity index is 1.53. The minimum Gasteiger partial charge on any atom is -0.368 e. The van der Waals surface area contributed by atoms with Gasteiger partial charge in [-0.25, -0.2) is 4.98 Å². The highest BCUT2D eigenvalue weighted by atomic mass is 79.9. The molecule has 4 aromatic rings. The highest BCUT2D eigenvalue weighted by Gasteiger charge is 2.28. The molecule has 35 heavy (non-hydrogen) atoms. The van der Waals surface area contributed by atoms with E-state index in [-0.39, 0.29) is 29.6 Å². The van der Waals surface area contributed by atoms with Gasteiger partial charge in [0.15, 0.2) is 0 Å². The molecule has 0 radical (unpaired) electrons. The predicted molar refractivity (Wildman–Crippen MR) is 143 cm³/mol. The molecule has 178 valence electrons. The number of hydrogen-bond acceptors (Lipinski definition) is 5. The van der Waals surface area contributed by atoms with Crippen LogP contribution in [-0.2, 0) is 11.3 Å². The third-order valence-corrected chi connectivity index (χ3v) is 7.35. The van der Waals surface area contributed by atoms with Crippen molar-refractivity contribution in [2.45, 2.75) is 36.5 Å². The molecule has 8 heteroatoms. The number of fused-ring (bicyclic) bond motifs is 1. The van der Waals surface area contributed by atoms with E-state index in [0.29, 0.717) is 23.0 Å². The Morgan fingerprint density at radius 1 is 1.11 bits per heavy atom. The number of nitrogens with one attached hydrogen (secondary N) is 1. The maximum atomic E-state index is 13.8. The second-order valence-electron chi connectivity index (χ2n) is 8.41. The topological polar surface area (TPSA) is 73.2 Å². The summed E-state index contributed by atoms with van der Waals surface area (Å²) in [5.41, 5.74) is 1.96. The van der Waals surface area contributed by atoms with E-state index < -0.39 is 0 Å². The quantitative estimate of drug-likeness (QED) is 0.296. The summed E-state index contributed by atoms with van der Waals surface area (Å²) in [6.45, 7) is 0.305. The average Bonchev–Trinajstić information content (AvgIpc) is 3.35. The monoisotopic (exact) mass is 549 g/mol. The molecule has 1 aliphatic heterocycles. The number of benzene rings is 3. The SMILES string of the molecule is CSc1cc(Br)cc2nc(NC(=O)c3ccccc3)n(CC3CCC(c4ccccc4)O3)c(=O)c12. The van der Waals surface area contributed by atoms with Gasteiger partial charge in [-0.15, -0.1) is 11.8 Å². The molecule has 3 aromatic carbocycles. The van der Waals surface area contributed by atoms with Gasteiger partial charge in [0.05, 0.1) is 29.7 Å². The molecule has 1 aliphatic rings. The van der Waals surface area contributed by atoms with E-state index in [1.807, 2.05) is 36.6 Å². The molecule has 2 heterocycles. The Hall–Kier alpha value is -2.94. The van der Waals surface area contributed by atoms with Gasteiger partial charge in [0.1, 0.15) is 0 Å². The summed E-state index contributed by atoms with van der Waals surface area (Å²) in [6, 6.07) is 22.7. The van der Waals surface area contributed by atoms with E-state index in [1.54, 1.807) is 34.9 Å². The van der Waals surface area contributed by atoms with Crippen molar-refractivity contribution in [1.29, 1.82) is 0 Å². The van der Waals surface area contributed by atoms with Crippen LogP contribution in [0, 0.1) is 0 Å². The summed E-state index contributed by atoms with van der Waals surface area (Å²) in [5.74, 6) is -0.103. The van der Waals surface area contributed by atoms with E-state index in [1.165, 1.54) is 11.8 Å². The summed E-state index contributed by atoms with van der Waals surface area (Å²) < 4.78 is 8.70. The van der Waals surface area contributed by atoms with Gasteiger partial charge in [-0.1, -0.05) is 64.5 Å². The number of anilines is 1. The van der Waals surface area contributed by atoms with Crippen molar-refractivity contribution in [2.24, 2.45) is 0 Å². The van der Waals surface area contributed by atoms with E-state index in [9.17, 15) is 9.59 Å². The molecule has 6 nitrogen and oxygen atoms in total. The molecule has 1 N–H and O–H groups in total. The fraction of sp³-hybridized carbons (Fsp3) is 0.222. The van der Waals surface area contributed by atoms with E-state index in [4.69, 9.17) is 9.72 Å². The Morgan fingerprint density at radius 3 is 2.54 bits per heavy atom. The molecular formula is C27H24BrN3O3S. The van der Waals surface area contributed by atoms with Crippen LogP contribution < -0.4 is 10.9 Å². The number of rotatable bonds is 6. The summed E-state index contributed by atoms with van der Waals surface area (Å²) in [6.07, 6.45) is 3.44. The molecule has 1 saturated heterocycles. The molecule has 0 aliphatic carbocycles. The smallest absolute Gasteiger partial charge is 0.264 e. The van der Waals surface area contributed by atoms with Crippen LogP contribution in [-0.4, -0.2) is 27.8 Å². The van der Waals surface area contributed by atoms with Gasteiger partial charge in [0.25, 0.3) is 11.5 Å². The average molecular weight is 550 g/mol. The Morgan fingerprint density at radius 2 is 1.83 bits per heavy atom. The van der Waals surface area contributed by atoms with Crippen molar-refractivity contribution >= 4 is 50.5 Å². The zero-order chi connectivity index (χ0) is 24.4. The Kier molecular flexibility index (Phi) is 7.04. The molecule has 5 rings (SSSR count). The van der Waals surface area contributed by atoms with Gasteiger partial charge in [0.2, 0.25) is 5.95 Å². The predicted octanol–water partition coefficient (Wildman–Crippen LogP) is 6.05. The number of ether oxygens (including phenoxy) is 1. The van der Waals surface area contributed by atoms with Crippen LogP contribution in [0.3, 0.4) is 0 Å². The van der Waals surface area contributed by atoms with Crippen molar-refractivity contribution < 1.29 is 9.53 Å². The second-order valence-corrected chi connectivity index (χ2v) is 10.2. The second kappa shape index (κ2) is 10.4. The third kappa shape index (κ3) is 5.05. The molecule has 0 bridgehead atoms. The number of carbonyl (C=O) groups is 1. The normalized spacial score (nSPS) is 17.5. The Bertz CT molecular complexity index is 1430. The molecular weight excluding hydrogens is 526 g/mol. The minimum absolute atomic E-state index is 0.00890. The first kappa shape index (κ1) is 23.8. The summed E-state index contributed by atoms with van der Waals surface area (Å²) in [5, 5.41) is 3.41. The van der Waals surface area contributed by atoms with Crippen LogP contribution in [0.4, 0.5) is 5.95 Å². The van der Waals surface area contributed by atoms with Crippen molar-refractivity contribution in [3.63, 3.8) is 0 Å². The van der Waals surface area contributed by atoms with Crippen LogP contribution in [0.1, 0.15) is 34.9 Å². The summed E-state index contributed by atoms with van der Waals surface area (Å²) >= 11 is 5.00. The summed E-state index contributed by atoms with van der Waals surface area (Å²) in [4.78, 5) is 32.3. The number of amides is 1. The third-order valence-electron chi connectivity index (χ3n) is 6.13. The number of nitrogens with zero attached hydrogens (tertiary/aromatic N) is 2. The number of hydrogen-bond donors (Lipinski definition) is 1. The standard InChI is InChI=1S/C27H24BrN3O3S/c1-35-23-15-19(28)14-21-24(23)26(33)31(27(29-21)30-25(32)18-10-6-3-7-11-18)16-20-12-13-22(34-20)17-8-4-2-5-9-17/h2-11,14-15,20,22H,12-13,16H2,1H3,(H,29,30,32). The van der Waals surface area contributed by atoms with Gasteiger partial charge >= 0.3 is 0 Å². The highest BCUT2D eigenvalue weighted by Crippen LogP contribution is 2.34. The lowest BCUT2D eigenvalue weighted by Gasteiger charge is -2.19. The highest BCUT2D eigenvalue weighted by molar-refractivity contribution is 9.10. The van der Waals surface area contributed by atoms with E-state index >= 15 is 0 Å². The van der Waals surface area contributed by atoms with Crippen molar-refractivity contribution in [3.8, 4) is 0 Å². The maximum Gasteiger partial charge on any atom is 0.264 e. The molecule has 2 atom stereocenters. The number of carbonyl (C=O) groups excluding carboxylic acids is 1. The van der Waals surface area contributed by atoms with Gasteiger partial charge in [0, 0.05) is 14.9 Å². The van der Waals surface area contributed by atoms with Crippen molar-refractivity contribution in [3.05, 3.63) is 98.7 Å². The first-order chi connectivity index (χ1) is 17.0. The van der Waals surface area contributed by atoms with Crippen LogP contribution >= 0.6 is 27.7 Å². The van der Waals surface area contributed by atoms with Crippen LogP contribution in [0.5, 0.6) is 0 Å². The zero-order valence-corrected chi connectivity index (χ0v) is 21.5. The van der Waals surface area contributed by atoms with Gasteiger partial charge in [-0.3, -0.25) is 19.5 Å². The lowest BCUT2D eigenvalue weighted by molar-refractivity contribution is 0.0347. The molecule has 0 spiro atoms. The fourth-order valence-electron chi connectivity index (χ4n) is 4.42. The van der Waals surface area contributed by atoms with Gasteiger partial charge < -0.3 is 4.74 Å². The van der Waals surface area contributed by atoms with Crippen LogP contribution in [0.15, 0.2) is 87.0 Å². The van der Waals surface area contributed by atoms with Gasteiger partial charge in [-0.05, 0) is 48.9 Å². The fourth-order valence-corrected chi connectivity index (χ4v) is 5.66. The molecule has 0 saturated carbocycles. The lowest BCUT2D eigenvalue weighted by Crippen LogP contribution is -2.31. The largest absolute Gasteiger partial charge is 0.368 e. The summed E-state index contributed by atoms with van der Waals surface area (Å²) in [7, 11) is 0. The number of aromatic nitrogens is 2. The van der Waals surface area contributed by atoms with E-state index in [2.05, 4.69) is 33.4 Å². The Labute approximate surface area is 215 Å². The molecule has 2 unspecified atom stereocenters. The van der Waals surface area contributed by atoms with E-state index in [0.717, 1.165) is 27.8 Å². The first-order valence-corrected chi connectivity index (χ1v) is 13.4. The minimum atomic E-state index is -0.319. The number of thioether (sulfide) groups is 1. The molecule has 1 amide bonds. The van der Waals surface area contributed by atoms with Crippen LogP contribution in [0.2, 0.25) is 0 Å².